The second-order valence-electron chi connectivity index (χ2n) is 9.22. The Balaban J connectivity index is 1.21. The zero-order chi connectivity index (χ0) is 22.3. The predicted molar refractivity (Wildman–Crippen MR) is 123 cm³/mol. The lowest BCUT2D eigenvalue weighted by Gasteiger charge is -2.40. The Morgan fingerprint density at radius 2 is 1.97 bits per heavy atom. The number of nitrogens with zero attached hydrogens (tertiary/aromatic N) is 5. The summed E-state index contributed by atoms with van der Waals surface area (Å²) in [6, 6.07) is 2.16. The maximum Gasteiger partial charge on any atom is 0.175 e. The molecule has 1 atom stereocenters. The van der Waals surface area contributed by atoms with Crippen molar-refractivity contribution in [3.8, 4) is 5.75 Å². The van der Waals surface area contributed by atoms with Crippen LogP contribution in [0.5, 0.6) is 5.75 Å². The largest absolute Gasteiger partial charge is 0.486 e. The summed E-state index contributed by atoms with van der Waals surface area (Å²) in [5.74, 6) is 2.45. The molecule has 0 aromatic carbocycles. The van der Waals surface area contributed by atoms with Crippen LogP contribution in [-0.2, 0) is 16.1 Å². The van der Waals surface area contributed by atoms with Gasteiger partial charge in [0.1, 0.15) is 17.3 Å². The van der Waals surface area contributed by atoms with Crippen LogP contribution in [0.15, 0.2) is 28.4 Å². The number of aliphatic hydroxyl groups excluding tert-OH is 1. The highest BCUT2D eigenvalue weighted by atomic mass is 32.2. The van der Waals surface area contributed by atoms with Gasteiger partial charge in [-0.05, 0) is 30.7 Å². The topological polar surface area (TPSA) is 93.1 Å². The first-order valence-electron chi connectivity index (χ1n) is 11.7. The van der Waals surface area contributed by atoms with Gasteiger partial charge in [-0.3, -0.25) is 0 Å². The summed E-state index contributed by atoms with van der Waals surface area (Å²) in [6.07, 6.45) is 6.96. The standard InChI is InChI=1S/C23H29N5O4S/c29-12-17-21(27-6-2-23(3-7-27)4-9-31-15-23)25-11-19(26-17)33-18-1-5-24-22-20(18)32-14-16-13-30-10-8-28(16)22/h1,5,11,16,29H,2-4,6-10,12-15H2/t16-/m0/s1. The minimum Gasteiger partial charge on any atom is -0.486 e. The van der Waals surface area contributed by atoms with Crippen molar-refractivity contribution in [1.29, 1.82) is 0 Å². The smallest absolute Gasteiger partial charge is 0.175 e. The van der Waals surface area contributed by atoms with E-state index in [0.29, 0.717) is 30.9 Å². The molecule has 1 N–H and O–H groups in total. The average molecular weight is 472 g/mol. The van der Waals surface area contributed by atoms with E-state index in [4.69, 9.17) is 24.2 Å². The second-order valence-corrected chi connectivity index (χ2v) is 10.3. The van der Waals surface area contributed by atoms with E-state index < -0.39 is 0 Å². The van der Waals surface area contributed by atoms with Crippen molar-refractivity contribution in [3.05, 3.63) is 24.2 Å². The van der Waals surface area contributed by atoms with Gasteiger partial charge >= 0.3 is 0 Å². The fraction of sp³-hybridized carbons (Fsp3) is 0.609. The quantitative estimate of drug-likeness (QED) is 0.715. The van der Waals surface area contributed by atoms with E-state index in [0.717, 1.165) is 79.4 Å². The number of aromatic nitrogens is 3. The summed E-state index contributed by atoms with van der Waals surface area (Å²) in [5.41, 5.74) is 0.953. The first-order chi connectivity index (χ1) is 16.2. The van der Waals surface area contributed by atoms with Gasteiger partial charge in [0.2, 0.25) is 0 Å². The maximum absolute atomic E-state index is 10.1. The van der Waals surface area contributed by atoms with Gasteiger partial charge in [0, 0.05) is 32.4 Å². The van der Waals surface area contributed by atoms with Crippen LogP contribution in [0, 0.1) is 5.41 Å². The number of morpholine rings is 1. The Kier molecular flexibility index (Phi) is 5.77. The Morgan fingerprint density at radius 3 is 2.79 bits per heavy atom. The van der Waals surface area contributed by atoms with Gasteiger partial charge in [-0.2, -0.15) is 0 Å². The molecule has 0 bridgehead atoms. The van der Waals surface area contributed by atoms with E-state index in [-0.39, 0.29) is 12.6 Å². The van der Waals surface area contributed by atoms with Crippen molar-refractivity contribution in [1.82, 2.24) is 15.0 Å². The number of fused-ring (bicyclic) bond motifs is 3. The van der Waals surface area contributed by atoms with Gasteiger partial charge in [0.15, 0.2) is 17.4 Å². The third-order valence-corrected chi connectivity index (χ3v) is 8.19. The number of hydrogen-bond donors (Lipinski definition) is 1. The summed E-state index contributed by atoms with van der Waals surface area (Å²) < 4.78 is 17.3. The molecule has 10 heteroatoms. The summed E-state index contributed by atoms with van der Waals surface area (Å²) in [5, 5.41) is 10.8. The third kappa shape index (κ3) is 4.03. The summed E-state index contributed by atoms with van der Waals surface area (Å²) >= 11 is 1.50. The third-order valence-electron chi connectivity index (χ3n) is 7.24. The van der Waals surface area contributed by atoms with Crippen molar-refractivity contribution < 1.29 is 19.3 Å². The summed E-state index contributed by atoms with van der Waals surface area (Å²) in [4.78, 5) is 19.6. The molecule has 0 saturated carbocycles. The lowest BCUT2D eigenvalue weighted by Crippen LogP contribution is -2.51. The van der Waals surface area contributed by atoms with Gasteiger partial charge in [0.05, 0.1) is 43.6 Å². The van der Waals surface area contributed by atoms with E-state index in [2.05, 4.69) is 14.8 Å². The van der Waals surface area contributed by atoms with E-state index in [1.165, 1.54) is 11.8 Å². The molecule has 3 fully saturated rings. The molecule has 2 aromatic rings. The van der Waals surface area contributed by atoms with Gasteiger partial charge < -0.3 is 29.1 Å². The molecule has 1 spiro atoms. The van der Waals surface area contributed by atoms with Crippen LogP contribution in [0.4, 0.5) is 11.6 Å². The SMILES string of the molecule is OCc1nc(Sc2ccnc3c2OC[C@@H]2COCCN32)cnc1N1CCC2(CCOC2)CC1. The minimum absolute atomic E-state index is 0.137. The number of pyridine rings is 1. The normalized spacial score (nSPS) is 23.8. The van der Waals surface area contributed by atoms with Crippen molar-refractivity contribution in [3.63, 3.8) is 0 Å². The summed E-state index contributed by atoms with van der Waals surface area (Å²) in [7, 11) is 0. The molecule has 6 heterocycles. The van der Waals surface area contributed by atoms with Gasteiger partial charge in [-0.1, -0.05) is 11.8 Å². The van der Waals surface area contributed by atoms with Crippen molar-refractivity contribution in [2.24, 2.45) is 5.41 Å². The van der Waals surface area contributed by atoms with Gasteiger partial charge in [0.25, 0.3) is 0 Å². The fourth-order valence-corrected chi connectivity index (χ4v) is 6.12. The van der Waals surface area contributed by atoms with Crippen LogP contribution in [0.2, 0.25) is 0 Å². The fourth-order valence-electron chi connectivity index (χ4n) is 5.26. The Labute approximate surface area is 197 Å². The number of ether oxygens (including phenoxy) is 3. The molecule has 9 nitrogen and oxygen atoms in total. The van der Waals surface area contributed by atoms with Crippen molar-refractivity contribution in [2.75, 3.05) is 62.5 Å². The van der Waals surface area contributed by atoms with Crippen LogP contribution >= 0.6 is 11.8 Å². The van der Waals surface area contributed by atoms with Crippen LogP contribution in [0.1, 0.15) is 25.0 Å². The van der Waals surface area contributed by atoms with E-state index in [1.54, 1.807) is 6.20 Å². The first-order valence-corrected chi connectivity index (χ1v) is 12.5. The molecule has 6 rings (SSSR count). The molecular weight excluding hydrogens is 442 g/mol. The number of anilines is 2. The average Bonchev–Trinajstić information content (AvgIpc) is 3.32. The van der Waals surface area contributed by atoms with Gasteiger partial charge in [-0.15, -0.1) is 0 Å². The second kappa shape index (κ2) is 8.90. The number of hydrogen-bond acceptors (Lipinski definition) is 10. The van der Waals surface area contributed by atoms with Crippen LogP contribution in [0.3, 0.4) is 0 Å². The molecule has 176 valence electrons. The molecule has 4 aliphatic rings. The van der Waals surface area contributed by atoms with Gasteiger partial charge in [-0.25, -0.2) is 15.0 Å². The zero-order valence-electron chi connectivity index (χ0n) is 18.6. The van der Waals surface area contributed by atoms with Crippen molar-refractivity contribution >= 4 is 23.4 Å². The molecule has 0 unspecified atom stereocenters. The minimum atomic E-state index is -0.137. The number of piperidine rings is 1. The zero-order valence-corrected chi connectivity index (χ0v) is 19.4. The van der Waals surface area contributed by atoms with Crippen molar-refractivity contribution in [2.45, 2.75) is 41.8 Å². The molecule has 33 heavy (non-hydrogen) atoms. The molecule has 2 aromatic heterocycles. The van der Waals surface area contributed by atoms with E-state index >= 15 is 0 Å². The van der Waals surface area contributed by atoms with Crippen LogP contribution < -0.4 is 14.5 Å². The highest BCUT2D eigenvalue weighted by Crippen LogP contribution is 2.43. The van der Waals surface area contributed by atoms with Crippen LogP contribution in [-0.4, -0.2) is 78.8 Å². The summed E-state index contributed by atoms with van der Waals surface area (Å²) in [6.45, 7) is 6.22. The van der Waals surface area contributed by atoms with E-state index in [1.807, 2.05) is 12.3 Å². The first kappa shape index (κ1) is 21.4. The highest BCUT2D eigenvalue weighted by Gasteiger charge is 2.39. The Morgan fingerprint density at radius 1 is 1.06 bits per heavy atom. The molecule has 3 saturated heterocycles. The monoisotopic (exact) mass is 471 g/mol. The molecule has 4 aliphatic heterocycles. The number of aliphatic hydroxyl groups is 1. The lowest BCUT2D eigenvalue weighted by atomic mass is 9.78. The molecule has 0 amide bonds. The Hall–Kier alpha value is -2.14. The number of rotatable bonds is 4. The highest BCUT2D eigenvalue weighted by molar-refractivity contribution is 7.99. The Bertz CT molecular complexity index is 1010. The van der Waals surface area contributed by atoms with Crippen LogP contribution in [0.25, 0.3) is 0 Å². The maximum atomic E-state index is 10.1. The predicted octanol–water partition coefficient (Wildman–Crippen LogP) is 2.12. The van der Waals surface area contributed by atoms with E-state index in [9.17, 15) is 5.11 Å². The molecule has 0 radical (unpaired) electrons. The molecule has 0 aliphatic carbocycles. The lowest BCUT2D eigenvalue weighted by molar-refractivity contribution is 0.0689. The molecular formula is C23H29N5O4S.